The van der Waals surface area contributed by atoms with Gasteiger partial charge in [0, 0.05) is 12.6 Å². The van der Waals surface area contributed by atoms with Gasteiger partial charge in [0.05, 0.1) is 5.56 Å². The van der Waals surface area contributed by atoms with Gasteiger partial charge in [0.25, 0.3) is 0 Å². The number of hydrogen-bond acceptors (Lipinski definition) is 2. The molecule has 0 spiro atoms. The van der Waals surface area contributed by atoms with Crippen LogP contribution in [-0.2, 0) is 15.8 Å². The normalized spacial score (nSPS) is 19.1. The van der Waals surface area contributed by atoms with Crippen molar-refractivity contribution >= 4 is 18.0 Å². The fourth-order valence-corrected chi connectivity index (χ4v) is 2.53. The van der Waals surface area contributed by atoms with Gasteiger partial charge in [0.2, 0.25) is 5.91 Å². The van der Waals surface area contributed by atoms with E-state index in [2.05, 4.69) is 0 Å². The van der Waals surface area contributed by atoms with Crippen molar-refractivity contribution in [3.63, 3.8) is 0 Å². The van der Waals surface area contributed by atoms with Gasteiger partial charge in [0.1, 0.15) is 6.04 Å². The molecule has 1 heterocycles. The number of rotatable bonds is 3. The van der Waals surface area contributed by atoms with Gasteiger partial charge in [-0.1, -0.05) is 12.1 Å². The van der Waals surface area contributed by atoms with Crippen LogP contribution in [0.25, 0.3) is 6.08 Å². The Morgan fingerprint density at radius 2 is 2.00 bits per heavy atom. The number of hydrogen-bond donors (Lipinski definition) is 1. The zero-order valence-electron chi connectivity index (χ0n) is 12.2. The van der Waals surface area contributed by atoms with E-state index in [0.717, 1.165) is 24.6 Å². The van der Waals surface area contributed by atoms with E-state index < -0.39 is 29.7 Å². The Balaban J connectivity index is 2.13. The van der Waals surface area contributed by atoms with E-state index >= 15 is 0 Å². The Bertz CT molecular complexity index is 625. The summed E-state index contributed by atoms with van der Waals surface area (Å²) in [6, 6.07) is 3.72. The Kier molecular flexibility index (Phi) is 5.08. The highest BCUT2D eigenvalue weighted by molar-refractivity contribution is 5.94. The van der Waals surface area contributed by atoms with Crippen LogP contribution in [0.2, 0.25) is 0 Å². The second-order valence-electron chi connectivity index (χ2n) is 5.34. The van der Waals surface area contributed by atoms with E-state index in [0.29, 0.717) is 19.4 Å². The molecule has 7 heteroatoms. The maximum Gasteiger partial charge on any atom is 0.416 e. The standard InChI is InChI=1S/C16H16F3NO3/c17-16(18,19)12-5-3-4-11(10-12)7-8-14(21)20-9-2-1-6-13(20)15(22)23/h3-5,7-8,10,13H,1-2,6,9H2,(H,22,23)/b8-7+. The smallest absolute Gasteiger partial charge is 0.416 e. The van der Waals surface area contributed by atoms with Crippen molar-refractivity contribution in [2.45, 2.75) is 31.5 Å². The first kappa shape index (κ1) is 17.1. The maximum absolute atomic E-state index is 12.6. The molecule has 0 saturated carbocycles. The van der Waals surface area contributed by atoms with Crippen LogP contribution in [0.3, 0.4) is 0 Å². The number of benzene rings is 1. The molecule has 2 rings (SSSR count). The van der Waals surface area contributed by atoms with Gasteiger partial charge in [-0.25, -0.2) is 4.79 Å². The lowest BCUT2D eigenvalue weighted by molar-refractivity contribution is -0.150. The van der Waals surface area contributed by atoms with E-state index in [4.69, 9.17) is 5.11 Å². The van der Waals surface area contributed by atoms with E-state index in [-0.39, 0.29) is 5.56 Å². The summed E-state index contributed by atoms with van der Waals surface area (Å²) in [5.41, 5.74) is -0.564. The summed E-state index contributed by atoms with van der Waals surface area (Å²) >= 11 is 0. The molecule has 4 nitrogen and oxygen atoms in total. The zero-order valence-corrected chi connectivity index (χ0v) is 12.2. The summed E-state index contributed by atoms with van der Waals surface area (Å²) in [6.07, 6.45) is -0.222. The maximum atomic E-state index is 12.6. The van der Waals surface area contributed by atoms with Gasteiger partial charge in [-0.2, -0.15) is 13.2 Å². The highest BCUT2D eigenvalue weighted by Crippen LogP contribution is 2.29. The van der Waals surface area contributed by atoms with Crippen LogP contribution in [0.1, 0.15) is 30.4 Å². The Morgan fingerprint density at radius 1 is 1.26 bits per heavy atom. The van der Waals surface area contributed by atoms with Crippen LogP contribution in [-0.4, -0.2) is 34.5 Å². The molecule has 0 bridgehead atoms. The van der Waals surface area contributed by atoms with Crippen molar-refractivity contribution in [1.29, 1.82) is 0 Å². The Morgan fingerprint density at radius 3 is 2.65 bits per heavy atom. The predicted octanol–water partition coefficient (Wildman–Crippen LogP) is 3.18. The number of aliphatic carboxylic acids is 1. The molecule has 1 aliphatic rings. The van der Waals surface area contributed by atoms with Crippen molar-refractivity contribution in [1.82, 2.24) is 4.90 Å². The SMILES string of the molecule is O=C(O)C1CCCCN1C(=O)/C=C/c1cccc(C(F)(F)F)c1. The molecule has 0 aromatic heterocycles. The van der Waals surface area contributed by atoms with Crippen molar-refractivity contribution < 1.29 is 27.9 Å². The summed E-state index contributed by atoms with van der Waals surface area (Å²) in [7, 11) is 0. The van der Waals surface area contributed by atoms with Crippen LogP contribution in [0, 0.1) is 0 Å². The summed E-state index contributed by atoms with van der Waals surface area (Å²) in [4.78, 5) is 24.5. The van der Waals surface area contributed by atoms with Gasteiger partial charge in [-0.05, 0) is 43.0 Å². The first-order chi connectivity index (χ1) is 10.8. The van der Waals surface area contributed by atoms with Crippen LogP contribution in [0.15, 0.2) is 30.3 Å². The number of likely N-dealkylation sites (tertiary alicyclic amines) is 1. The predicted molar refractivity (Wildman–Crippen MR) is 77.5 cm³/mol. The van der Waals surface area contributed by atoms with Gasteiger partial charge < -0.3 is 10.0 Å². The van der Waals surface area contributed by atoms with Crippen molar-refractivity contribution in [2.75, 3.05) is 6.54 Å². The highest BCUT2D eigenvalue weighted by atomic mass is 19.4. The number of carboxylic acids is 1. The number of carbonyl (C=O) groups is 2. The molecule has 0 aliphatic carbocycles. The molecule has 1 N–H and O–H groups in total. The fraction of sp³-hybridized carbons (Fsp3) is 0.375. The van der Waals surface area contributed by atoms with Crippen molar-refractivity contribution in [2.24, 2.45) is 0 Å². The van der Waals surface area contributed by atoms with E-state index in [1.54, 1.807) is 0 Å². The third kappa shape index (κ3) is 4.34. The minimum atomic E-state index is -4.45. The van der Waals surface area contributed by atoms with Crippen LogP contribution in [0.4, 0.5) is 13.2 Å². The number of halogens is 3. The average Bonchev–Trinajstić information content (AvgIpc) is 2.52. The molecule has 1 fully saturated rings. The van der Waals surface area contributed by atoms with E-state index in [1.165, 1.54) is 23.1 Å². The molecule has 1 atom stereocenters. The molecule has 1 amide bonds. The van der Waals surface area contributed by atoms with Gasteiger partial charge in [-0.15, -0.1) is 0 Å². The molecule has 1 unspecified atom stereocenters. The van der Waals surface area contributed by atoms with Crippen LogP contribution < -0.4 is 0 Å². The first-order valence-corrected chi connectivity index (χ1v) is 7.18. The Labute approximate surface area is 131 Å². The number of amides is 1. The lowest BCUT2D eigenvalue weighted by atomic mass is 10.0. The monoisotopic (exact) mass is 327 g/mol. The third-order valence-corrected chi connectivity index (χ3v) is 3.70. The second kappa shape index (κ2) is 6.85. The number of piperidine rings is 1. The molecule has 0 radical (unpaired) electrons. The van der Waals surface area contributed by atoms with Gasteiger partial charge >= 0.3 is 12.1 Å². The quantitative estimate of drug-likeness (QED) is 0.868. The molecular weight excluding hydrogens is 311 g/mol. The minimum Gasteiger partial charge on any atom is -0.480 e. The van der Waals surface area contributed by atoms with Crippen LogP contribution in [0.5, 0.6) is 0 Å². The molecule has 23 heavy (non-hydrogen) atoms. The second-order valence-corrected chi connectivity index (χ2v) is 5.34. The minimum absolute atomic E-state index is 0.233. The zero-order chi connectivity index (χ0) is 17.0. The lowest BCUT2D eigenvalue weighted by Gasteiger charge is -2.32. The van der Waals surface area contributed by atoms with E-state index in [1.807, 2.05) is 0 Å². The summed E-state index contributed by atoms with van der Waals surface area (Å²) in [5.74, 6) is -1.57. The number of carbonyl (C=O) groups excluding carboxylic acids is 1. The molecule has 1 saturated heterocycles. The number of carboxylic acid groups (broad SMARTS) is 1. The van der Waals surface area contributed by atoms with Crippen molar-refractivity contribution in [3.8, 4) is 0 Å². The van der Waals surface area contributed by atoms with Gasteiger partial charge in [0.15, 0.2) is 0 Å². The molecule has 1 aromatic rings. The highest BCUT2D eigenvalue weighted by Gasteiger charge is 2.31. The molecule has 1 aromatic carbocycles. The molecule has 1 aliphatic heterocycles. The summed E-state index contributed by atoms with van der Waals surface area (Å²) in [6.45, 7) is 0.336. The van der Waals surface area contributed by atoms with E-state index in [9.17, 15) is 22.8 Å². The number of alkyl halides is 3. The number of nitrogens with zero attached hydrogens (tertiary/aromatic N) is 1. The molecular formula is C16H16F3NO3. The third-order valence-electron chi connectivity index (χ3n) is 3.70. The average molecular weight is 327 g/mol. The van der Waals surface area contributed by atoms with Crippen molar-refractivity contribution in [3.05, 3.63) is 41.5 Å². The first-order valence-electron chi connectivity index (χ1n) is 7.18. The molecule has 124 valence electrons. The topological polar surface area (TPSA) is 57.6 Å². The largest absolute Gasteiger partial charge is 0.480 e. The van der Waals surface area contributed by atoms with Gasteiger partial charge in [-0.3, -0.25) is 4.79 Å². The van der Waals surface area contributed by atoms with Crippen LogP contribution >= 0.6 is 0 Å². The fourth-order valence-electron chi connectivity index (χ4n) is 2.53. The Hall–Kier alpha value is -2.31. The summed E-state index contributed by atoms with van der Waals surface area (Å²) in [5, 5.41) is 9.13. The lowest BCUT2D eigenvalue weighted by Crippen LogP contribution is -2.47. The summed E-state index contributed by atoms with van der Waals surface area (Å²) < 4.78 is 37.9.